The van der Waals surface area contributed by atoms with E-state index in [1.165, 1.54) is 71.0 Å². The molecule has 100 valence electrons. The lowest BCUT2D eigenvalue weighted by Gasteiger charge is -2.44. The minimum Gasteiger partial charge on any atom is -0.303 e. The van der Waals surface area contributed by atoms with Crippen molar-refractivity contribution in [2.75, 3.05) is 25.4 Å². The highest BCUT2D eigenvalue weighted by Gasteiger charge is 2.37. The van der Waals surface area contributed by atoms with Gasteiger partial charge >= 0.3 is 0 Å². The summed E-state index contributed by atoms with van der Waals surface area (Å²) in [6.07, 6.45) is 11.4. The molecule has 1 saturated heterocycles. The molecule has 0 bridgehead atoms. The van der Waals surface area contributed by atoms with E-state index >= 15 is 0 Å². The van der Waals surface area contributed by atoms with Crippen LogP contribution in [0.5, 0.6) is 0 Å². The summed E-state index contributed by atoms with van der Waals surface area (Å²) in [5, 5.41) is 0. The summed E-state index contributed by atoms with van der Waals surface area (Å²) in [5.41, 5.74) is 0.591. The fourth-order valence-electron chi connectivity index (χ4n) is 3.60. The maximum Gasteiger partial charge on any atom is 0.00458 e. The molecule has 0 aromatic heterocycles. The fraction of sp³-hybridized carbons (Fsp3) is 1.00. The van der Waals surface area contributed by atoms with Crippen LogP contribution in [0.15, 0.2) is 0 Å². The smallest absolute Gasteiger partial charge is 0.00458 e. The molecule has 1 aliphatic heterocycles. The Balaban J connectivity index is 1.78. The summed E-state index contributed by atoms with van der Waals surface area (Å²) in [7, 11) is 0. The largest absolute Gasteiger partial charge is 0.303 e. The standard InChI is InChI=1S/C15H29NS/c1-2-5-14-6-3-10-16(11-7-14)12-15(13-17)8-4-9-15/h14,17H,2-13H2,1H3. The average molecular weight is 255 g/mol. The highest BCUT2D eigenvalue weighted by molar-refractivity contribution is 7.80. The van der Waals surface area contributed by atoms with Crippen molar-refractivity contribution in [3.8, 4) is 0 Å². The first-order chi connectivity index (χ1) is 8.28. The van der Waals surface area contributed by atoms with E-state index in [2.05, 4.69) is 24.5 Å². The number of rotatable bonds is 5. The van der Waals surface area contributed by atoms with Gasteiger partial charge in [0, 0.05) is 6.54 Å². The van der Waals surface area contributed by atoms with Gasteiger partial charge in [-0.2, -0.15) is 12.6 Å². The zero-order valence-corrected chi connectivity index (χ0v) is 12.4. The lowest BCUT2D eigenvalue weighted by molar-refractivity contribution is 0.0916. The first-order valence-corrected chi connectivity index (χ1v) is 8.24. The Labute approximate surface area is 113 Å². The second kappa shape index (κ2) is 6.47. The molecule has 0 spiro atoms. The van der Waals surface area contributed by atoms with Crippen molar-refractivity contribution >= 4 is 12.6 Å². The van der Waals surface area contributed by atoms with E-state index in [9.17, 15) is 0 Å². The molecule has 0 N–H and O–H groups in total. The predicted octanol–water partition coefficient (Wildman–Crippen LogP) is 3.99. The van der Waals surface area contributed by atoms with E-state index in [0.717, 1.165) is 11.7 Å². The molecule has 1 unspecified atom stereocenters. The minimum absolute atomic E-state index is 0.591. The SMILES string of the molecule is CCCC1CCCN(CC2(CS)CCC2)CC1. The number of likely N-dealkylation sites (tertiary alicyclic amines) is 1. The molecule has 0 aromatic carbocycles. The second-order valence-electron chi connectivity index (χ2n) is 6.37. The maximum atomic E-state index is 4.58. The average Bonchev–Trinajstić information content (AvgIpc) is 2.50. The van der Waals surface area contributed by atoms with Gasteiger partial charge < -0.3 is 4.90 Å². The van der Waals surface area contributed by atoms with E-state index in [-0.39, 0.29) is 0 Å². The van der Waals surface area contributed by atoms with Crippen molar-refractivity contribution in [2.45, 2.75) is 58.3 Å². The van der Waals surface area contributed by atoms with Gasteiger partial charge in [0.15, 0.2) is 0 Å². The van der Waals surface area contributed by atoms with Crippen LogP contribution < -0.4 is 0 Å². The molecule has 0 radical (unpaired) electrons. The summed E-state index contributed by atoms with van der Waals surface area (Å²) in [5.74, 6) is 2.11. The van der Waals surface area contributed by atoms with Crippen LogP contribution in [0.25, 0.3) is 0 Å². The zero-order valence-electron chi connectivity index (χ0n) is 11.5. The van der Waals surface area contributed by atoms with Crippen LogP contribution >= 0.6 is 12.6 Å². The topological polar surface area (TPSA) is 3.24 Å². The van der Waals surface area contributed by atoms with Crippen LogP contribution in [0.1, 0.15) is 58.3 Å². The van der Waals surface area contributed by atoms with Crippen LogP contribution in [-0.4, -0.2) is 30.3 Å². The molecule has 1 nitrogen and oxygen atoms in total. The molecule has 2 aliphatic rings. The molecule has 17 heavy (non-hydrogen) atoms. The Bertz CT molecular complexity index is 219. The first-order valence-electron chi connectivity index (χ1n) is 7.61. The predicted molar refractivity (Wildman–Crippen MR) is 78.8 cm³/mol. The molecule has 1 atom stereocenters. The van der Waals surface area contributed by atoms with Crippen LogP contribution in [0.2, 0.25) is 0 Å². The van der Waals surface area contributed by atoms with Crippen molar-refractivity contribution in [1.29, 1.82) is 0 Å². The summed E-state index contributed by atoms with van der Waals surface area (Å²) in [6.45, 7) is 6.35. The van der Waals surface area contributed by atoms with Crippen LogP contribution in [0, 0.1) is 11.3 Å². The van der Waals surface area contributed by atoms with Gasteiger partial charge in [-0.05, 0) is 62.3 Å². The van der Waals surface area contributed by atoms with Crippen molar-refractivity contribution < 1.29 is 0 Å². The van der Waals surface area contributed by atoms with Gasteiger partial charge in [-0.15, -0.1) is 0 Å². The summed E-state index contributed by atoms with van der Waals surface area (Å²) >= 11 is 4.58. The molecular formula is C15H29NS. The lowest BCUT2D eigenvalue weighted by Crippen LogP contribution is -2.44. The van der Waals surface area contributed by atoms with Gasteiger partial charge in [-0.1, -0.05) is 26.2 Å². The van der Waals surface area contributed by atoms with Crippen LogP contribution in [0.4, 0.5) is 0 Å². The van der Waals surface area contributed by atoms with Gasteiger partial charge in [0.05, 0.1) is 0 Å². The van der Waals surface area contributed by atoms with Crippen molar-refractivity contribution in [2.24, 2.45) is 11.3 Å². The Morgan fingerprint density at radius 1 is 1.18 bits per heavy atom. The minimum atomic E-state index is 0.591. The Morgan fingerprint density at radius 3 is 2.59 bits per heavy atom. The maximum absolute atomic E-state index is 4.58. The zero-order chi connectivity index (χ0) is 12.1. The van der Waals surface area contributed by atoms with Gasteiger partial charge in [0.1, 0.15) is 0 Å². The van der Waals surface area contributed by atoms with E-state index in [0.29, 0.717) is 5.41 Å². The molecule has 0 aromatic rings. The van der Waals surface area contributed by atoms with Crippen molar-refractivity contribution in [3.63, 3.8) is 0 Å². The number of thiol groups is 1. The molecule has 2 rings (SSSR count). The molecule has 1 heterocycles. The third kappa shape index (κ3) is 3.64. The number of nitrogens with zero attached hydrogens (tertiary/aromatic N) is 1. The van der Waals surface area contributed by atoms with E-state index in [1.54, 1.807) is 0 Å². The second-order valence-corrected chi connectivity index (χ2v) is 6.69. The van der Waals surface area contributed by atoms with E-state index in [1.807, 2.05) is 0 Å². The molecule has 1 saturated carbocycles. The Morgan fingerprint density at radius 2 is 2.00 bits per heavy atom. The number of hydrogen-bond acceptors (Lipinski definition) is 2. The molecule has 2 fully saturated rings. The van der Waals surface area contributed by atoms with E-state index < -0.39 is 0 Å². The van der Waals surface area contributed by atoms with Gasteiger partial charge in [0.2, 0.25) is 0 Å². The van der Waals surface area contributed by atoms with Gasteiger partial charge in [-0.3, -0.25) is 0 Å². The number of hydrogen-bond donors (Lipinski definition) is 1. The molecule has 1 aliphatic carbocycles. The summed E-state index contributed by atoms with van der Waals surface area (Å²) in [4.78, 5) is 2.74. The highest BCUT2D eigenvalue weighted by atomic mass is 32.1. The third-order valence-corrected chi connectivity index (χ3v) is 5.62. The fourth-order valence-corrected chi connectivity index (χ4v) is 4.01. The summed E-state index contributed by atoms with van der Waals surface area (Å²) < 4.78 is 0. The first kappa shape index (κ1) is 13.7. The van der Waals surface area contributed by atoms with Crippen LogP contribution in [0.3, 0.4) is 0 Å². The highest BCUT2D eigenvalue weighted by Crippen LogP contribution is 2.42. The molecule has 0 amide bonds. The molecule has 2 heteroatoms. The van der Waals surface area contributed by atoms with E-state index in [4.69, 9.17) is 0 Å². The van der Waals surface area contributed by atoms with Gasteiger partial charge in [0.25, 0.3) is 0 Å². The summed E-state index contributed by atoms with van der Waals surface area (Å²) in [6, 6.07) is 0. The molecular weight excluding hydrogens is 226 g/mol. The lowest BCUT2D eigenvalue weighted by atomic mass is 9.70. The third-order valence-electron chi connectivity index (χ3n) is 4.95. The van der Waals surface area contributed by atoms with Crippen LogP contribution in [-0.2, 0) is 0 Å². The Hall–Kier alpha value is 0.310. The normalized spacial score (nSPS) is 29.6. The van der Waals surface area contributed by atoms with Gasteiger partial charge in [-0.25, -0.2) is 0 Å². The van der Waals surface area contributed by atoms with Crippen molar-refractivity contribution in [1.82, 2.24) is 4.90 Å². The van der Waals surface area contributed by atoms with Crippen molar-refractivity contribution in [3.05, 3.63) is 0 Å². The Kier molecular flexibility index (Phi) is 5.23. The quantitative estimate of drug-likeness (QED) is 0.727. The monoisotopic (exact) mass is 255 g/mol.